The molecule has 2 aromatic carbocycles. The molecular weight excluding hydrogens is 432 g/mol. The van der Waals surface area contributed by atoms with E-state index in [9.17, 15) is 18.4 Å². The van der Waals surface area contributed by atoms with Crippen LogP contribution in [0.3, 0.4) is 0 Å². The second kappa shape index (κ2) is 7.96. The minimum Gasteiger partial charge on any atom is -0.493 e. The first-order valence-corrected chi connectivity index (χ1v) is 11.9. The number of nitrogens with one attached hydrogen (secondary N) is 1. The number of likely N-dealkylation sites (N-methyl/N-ethyl adjacent to an activating group) is 1. The Hall–Kier alpha value is -2.79. The first kappa shape index (κ1) is 21.1. The van der Waals surface area contributed by atoms with Crippen LogP contribution in [-0.2, 0) is 27.7 Å². The van der Waals surface area contributed by atoms with Gasteiger partial charge in [0, 0.05) is 31.6 Å². The van der Waals surface area contributed by atoms with Crippen molar-refractivity contribution in [3.8, 4) is 17.0 Å². The number of rotatable bonds is 4. The fourth-order valence-corrected chi connectivity index (χ4v) is 6.02. The van der Waals surface area contributed by atoms with Crippen molar-refractivity contribution in [3.63, 3.8) is 0 Å². The van der Waals surface area contributed by atoms with Gasteiger partial charge in [-0.25, -0.2) is 8.42 Å². The second-order valence-corrected chi connectivity index (χ2v) is 10.2. The molecule has 0 saturated carbocycles. The third-order valence-electron chi connectivity index (χ3n) is 6.31. The van der Waals surface area contributed by atoms with Crippen molar-refractivity contribution in [1.82, 2.24) is 14.2 Å². The van der Waals surface area contributed by atoms with Gasteiger partial charge in [-0.15, -0.1) is 4.91 Å². The molecule has 1 aromatic heterocycles. The number of morpholine rings is 1. The highest BCUT2D eigenvalue weighted by molar-refractivity contribution is 7.89. The Labute approximate surface area is 185 Å². The molecule has 2 N–H and O–H groups in total. The topological polar surface area (TPSA) is 115 Å². The minimum atomic E-state index is -3.58. The van der Waals surface area contributed by atoms with Crippen LogP contribution in [-0.4, -0.2) is 67.6 Å². The fraction of sp³-hybridized carbons (Fsp3) is 0.364. The third kappa shape index (κ3) is 3.39. The molecule has 10 heteroatoms. The summed E-state index contributed by atoms with van der Waals surface area (Å²) in [4.78, 5) is 16.7. The minimum absolute atomic E-state index is 0.00510. The Kier molecular flexibility index (Phi) is 5.25. The monoisotopic (exact) mass is 456 g/mol. The molecule has 0 unspecified atom stereocenters. The van der Waals surface area contributed by atoms with Crippen LogP contribution in [0.15, 0.2) is 40.4 Å². The van der Waals surface area contributed by atoms with Gasteiger partial charge >= 0.3 is 0 Å². The van der Waals surface area contributed by atoms with Crippen LogP contribution in [0.1, 0.15) is 11.1 Å². The number of benzene rings is 2. The van der Waals surface area contributed by atoms with E-state index in [1.165, 1.54) is 4.31 Å². The van der Waals surface area contributed by atoms with E-state index in [1.54, 1.807) is 24.3 Å². The molecule has 9 nitrogen and oxygen atoms in total. The van der Waals surface area contributed by atoms with Crippen molar-refractivity contribution < 1.29 is 18.3 Å². The number of aromatic nitrogens is 1. The van der Waals surface area contributed by atoms with Gasteiger partial charge in [-0.1, -0.05) is 12.1 Å². The van der Waals surface area contributed by atoms with Crippen LogP contribution in [0, 0.1) is 4.91 Å². The molecule has 0 spiro atoms. The van der Waals surface area contributed by atoms with Crippen molar-refractivity contribution in [3.05, 3.63) is 46.4 Å². The zero-order chi connectivity index (χ0) is 22.5. The van der Waals surface area contributed by atoms with E-state index in [-0.39, 0.29) is 16.5 Å². The highest BCUT2D eigenvalue weighted by atomic mass is 32.2. The molecule has 3 aromatic rings. The fourth-order valence-electron chi connectivity index (χ4n) is 4.61. The van der Waals surface area contributed by atoms with Crippen LogP contribution in [0.4, 0.5) is 5.69 Å². The number of aromatic hydroxyl groups is 1. The van der Waals surface area contributed by atoms with Gasteiger partial charge < -0.3 is 19.7 Å². The molecule has 0 atom stereocenters. The van der Waals surface area contributed by atoms with Crippen molar-refractivity contribution >= 4 is 26.6 Å². The lowest BCUT2D eigenvalue weighted by atomic mass is 9.89. The molecule has 1 fully saturated rings. The number of H-pyrrole nitrogens is 1. The lowest BCUT2D eigenvalue weighted by molar-refractivity contribution is 0.0730. The number of ether oxygens (including phenoxy) is 1. The van der Waals surface area contributed by atoms with Crippen LogP contribution in [0.5, 0.6) is 5.88 Å². The largest absolute Gasteiger partial charge is 0.493 e. The first-order chi connectivity index (χ1) is 15.4. The number of hydrogen-bond acceptors (Lipinski definition) is 7. The zero-order valence-corrected chi connectivity index (χ0v) is 18.5. The molecular formula is C22H24N4O5S. The van der Waals surface area contributed by atoms with Gasteiger partial charge in [-0.05, 0) is 59.1 Å². The summed E-state index contributed by atoms with van der Waals surface area (Å²) in [6.45, 7) is 3.04. The lowest BCUT2D eigenvalue weighted by Crippen LogP contribution is -2.40. The maximum absolute atomic E-state index is 13.0. The van der Waals surface area contributed by atoms with Crippen molar-refractivity contribution in [2.24, 2.45) is 5.18 Å². The summed E-state index contributed by atoms with van der Waals surface area (Å²) in [5.74, 6) is -0.236. The molecule has 0 radical (unpaired) electrons. The first-order valence-electron chi connectivity index (χ1n) is 10.5. The van der Waals surface area contributed by atoms with E-state index in [1.807, 2.05) is 13.1 Å². The van der Waals surface area contributed by atoms with Gasteiger partial charge in [0.15, 0.2) is 5.69 Å². The Morgan fingerprint density at radius 3 is 2.50 bits per heavy atom. The van der Waals surface area contributed by atoms with Gasteiger partial charge in [0.05, 0.1) is 23.6 Å². The van der Waals surface area contributed by atoms with Crippen molar-refractivity contribution in [1.29, 1.82) is 0 Å². The second-order valence-electron chi connectivity index (χ2n) is 8.25. The predicted molar refractivity (Wildman–Crippen MR) is 120 cm³/mol. The van der Waals surface area contributed by atoms with Gasteiger partial charge in [0.1, 0.15) is 0 Å². The molecule has 5 rings (SSSR count). The van der Waals surface area contributed by atoms with E-state index in [4.69, 9.17) is 4.74 Å². The summed E-state index contributed by atoms with van der Waals surface area (Å²) in [6, 6.07) is 8.69. The number of nitrogens with zero attached hydrogens (tertiary/aromatic N) is 3. The smallest absolute Gasteiger partial charge is 0.243 e. The van der Waals surface area contributed by atoms with Crippen LogP contribution < -0.4 is 0 Å². The van der Waals surface area contributed by atoms with E-state index in [0.717, 1.165) is 40.7 Å². The molecule has 0 amide bonds. The van der Waals surface area contributed by atoms with E-state index in [0.29, 0.717) is 38.2 Å². The molecule has 32 heavy (non-hydrogen) atoms. The zero-order valence-electron chi connectivity index (χ0n) is 17.7. The Bertz CT molecular complexity index is 1290. The number of aromatic amines is 1. The summed E-state index contributed by atoms with van der Waals surface area (Å²) < 4.78 is 32.6. The van der Waals surface area contributed by atoms with Gasteiger partial charge in [-0.3, -0.25) is 0 Å². The van der Waals surface area contributed by atoms with Gasteiger partial charge in [0.25, 0.3) is 0 Å². The lowest BCUT2D eigenvalue weighted by Gasteiger charge is -2.28. The number of sulfonamides is 1. The molecule has 0 aliphatic carbocycles. The molecule has 2 aliphatic rings. The standard InChI is InChI=1S/C22H24N4O5S/c1-25-7-6-16-19(13-25)17(12-18-20(16)23-22(27)21(18)24-28)14-2-4-15(5-3-14)32(29,30)26-8-10-31-11-9-26/h2-5,12,23,27H,6-11,13H2,1H3. The van der Waals surface area contributed by atoms with Gasteiger partial charge in [0.2, 0.25) is 15.9 Å². The number of fused-ring (bicyclic) bond motifs is 3. The summed E-state index contributed by atoms with van der Waals surface area (Å²) in [5.41, 5.74) is 4.61. The highest BCUT2D eigenvalue weighted by Gasteiger charge is 2.27. The predicted octanol–water partition coefficient (Wildman–Crippen LogP) is 2.95. The Morgan fingerprint density at radius 1 is 1.09 bits per heavy atom. The van der Waals surface area contributed by atoms with E-state index in [2.05, 4.69) is 15.1 Å². The summed E-state index contributed by atoms with van der Waals surface area (Å²) in [5, 5.41) is 13.7. The Morgan fingerprint density at radius 2 is 1.81 bits per heavy atom. The molecule has 2 aliphatic heterocycles. The maximum atomic E-state index is 13.0. The van der Waals surface area contributed by atoms with Crippen molar-refractivity contribution in [2.45, 2.75) is 17.9 Å². The maximum Gasteiger partial charge on any atom is 0.243 e. The average Bonchev–Trinajstić information content (AvgIpc) is 3.14. The van der Waals surface area contributed by atoms with Crippen molar-refractivity contribution in [2.75, 3.05) is 39.9 Å². The summed E-state index contributed by atoms with van der Waals surface area (Å²) >= 11 is 0. The van der Waals surface area contributed by atoms with E-state index >= 15 is 0 Å². The van der Waals surface area contributed by atoms with Crippen LogP contribution in [0.2, 0.25) is 0 Å². The third-order valence-corrected chi connectivity index (χ3v) is 8.22. The molecule has 0 bridgehead atoms. The molecule has 1 saturated heterocycles. The van der Waals surface area contributed by atoms with Gasteiger partial charge in [-0.2, -0.15) is 4.31 Å². The highest BCUT2D eigenvalue weighted by Crippen LogP contribution is 2.43. The summed E-state index contributed by atoms with van der Waals surface area (Å²) in [7, 11) is -1.54. The average molecular weight is 457 g/mol. The molecule has 3 heterocycles. The molecule has 168 valence electrons. The number of nitroso groups, excluding NO2 is 1. The van der Waals surface area contributed by atoms with E-state index < -0.39 is 10.0 Å². The quantitative estimate of drug-likeness (QED) is 0.583. The number of hydrogen-bond donors (Lipinski definition) is 2. The summed E-state index contributed by atoms with van der Waals surface area (Å²) in [6.07, 6.45) is 0.762. The van der Waals surface area contributed by atoms with Crippen LogP contribution >= 0.6 is 0 Å². The Balaban J connectivity index is 1.61. The van der Waals surface area contributed by atoms with Crippen LogP contribution in [0.25, 0.3) is 22.0 Å². The SMILES string of the molecule is CN1CCc2c(c(-c3ccc(S(=O)(=O)N4CCOCC4)cc3)cc3c(N=O)c(O)[nH]c23)C1. The normalized spacial score (nSPS) is 18.0.